The van der Waals surface area contributed by atoms with Crippen LogP contribution < -0.4 is 0 Å². The lowest BCUT2D eigenvalue weighted by molar-refractivity contribution is 0.221. The minimum absolute atomic E-state index is 0.970. The fourth-order valence-electron chi connectivity index (χ4n) is 3.07. The van der Waals surface area contributed by atoms with Crippen molar-refractivity contribution in [2.75, 3.05) is 13.1 Å². The van der Waals surface area contributed by atoms with Crippen LogP contribution in [-0.4, -0.2) is 28.0 Å². The molecule has 22 heavy (non-hydrogen) atoms. The van der Waals surface area contributed by atoms with E-state index in [9.17, 15) is 0 Å². The van der Waals surface area contributed by atoms with Crippen LogP contribution in [0.4, 0.5) is 0 Å². The third kappa shape index (κ3) is 2.89. The number of benzene rings is 1. The van der Waals surface area contributed by atoms with Crippen molar-refractivity contribution in [3.63, 3.8) is 0 Å². The number of likely N-dealkylation sites (tertiary alicyclic amines) is 1. The highest BCUT2D eigenvalue weighted by atomic mass is 32.1. The van der Waals surface area contributed by atoms with Gasteiger partial charge in [-0.25, -0.2) is 4.98 Å². The largest absolute Gasteiger partial charge is 0.299 e. The lowest BCUT2D eigenvalue weighted by atomic mass is 10.1. The number of piperidine rings is 1. The summed E-state index contributed by atoms with van der Waals surface area (Å²) in [6.45, 7) is 3.47. The maximum absolute atomic E-state index is 4.80. The van der Waals surface area contributed by atoms with Crippen molar-refractivity contribution in [3.8, 4) is 10.6 Å². The molecular formula is C18H19N3S. The molecular weight excluding hydrogens is 290 g/mol. The van der Waals surface area contributed by atoms with Gasteiger partial charge in [-0.05, 0) is 55.1 Å². The quantitative estimate of drug-likeness (QED) is 0.720. The molecule has 2 aromatic heterocycles. The SMILES string of the molecule is c1csc(-c2cnc3ccc(CN4CCCCC4)cc3n2)c1. The molecule has 0 radical (unpaired) electrons. The maximum atomic E-state index is 4.80. The Hall–Kier alpha value is -1.78. The van der Waals surface area contributed by atoms with Crippen molar-refractivity contribution in [3.05, 3.63) is 47.5 Å². The molecule has 0 saturated carbocycles. The van der Waals surface area contributed by atoms with E-state index in [1.54, 1.807) is 11.3 Å². The van der Waals surface area contributed by atoms with Crippen molar-refractivity contribution in [1.29, 1.82) is 0 Å². The van der Waals surface area contributed by atoms with Crippen molar-refractivity contribution in [1.82, 2.24) is 14.9 Å². The predicted octanol–water partition coefficient (Wildman–Crippen LogP) is 4.34. The van der Waals surface area contributed by atoms with Crippen LogP contribution in [0, 0.1) is 0 Å². The molecule has 0 N–H and O–H groups in total. The van der Waals surface area contributed by atoms with Crippen LogP contribution >= 0.6 is 11.3 Å². The summed E-state index contributed by atoms with van der Waals surface area (Å²) in [5.74, 6) is 0. The van der Waals surface area contributed by atoms with E-state index in [2.05, 4.69) is 45.6 Å². The summed E-state index contributed by atoms with van der Waals surface area (Å²) in [5.41, 5.74) is 4.28. The van der Waals surface area contributed by atoms with Crippen LogP contribution in [0.3, 0.4) is 0 Å². The molecule has 0 spiro atoms. The van der Waals surface area contributed by atoms with E-state index < -0.39 is 0 Å². The summed E-state index contributed by atoms with van der Waals surface area (Å²) in [4.78, 5) is 13.1. The first-order chi connectivity index (χ1) is 10.9. The zero-order valence-electron chi connectivity index (χ0n) is 12.5. The Labute approximate surface area is 134 Å². The summed E-state index contributed by atoms with van der Waals surface area (Å²) < 4.78 is 0. The number of rotatable bonds is 3. The highest BCUT2D eigenvalue weighted by Gasteiger charge is 2.11. The molecule has 0 atom stereocenters. The standard InChI is InChI=1S/C18H19N3S/c1-2-8-21(9-3-1)13-14-6-7-15-16(11-14)20-17(12-19-15)18-5-4-10-22-18/h4-7,10-12H,1-3,8-9,13H2. The van der Waals surface area contributed by atoms with Crippen molar-refractivity contribution < 1.29 is 0 Å². The Bertz CT molecular complexity index is 761. The topological polar surface area (TPSA) is 29.0 Å². The zero-order chi connectivity index (χ0) is 14.8. The fourth-order valence-corrected chi connectivity index (χ4v) is 3.75. The molecule has 0 unspecified atom stereocenters. The van der Waals surface area contributed by atoms with Crippen LogP contribution in [0.2, 0.25) is 0 Å². The Morgan fingerprint density at radius 1 is 1.05 bits per heavy atom. The van der Waals surface area contributed by atoms with Gasteiger partial charge in [0.2, 0.25) is 0 Å². The van der Waals surface area contributed by atoms with Gasteiger partial charge in [0.05, 0.1) is 27.8 Å². The van der Waals surface area contributed by atoms with Gasteiger partial charge in [-0.15, -0.1) is 11.3 Å². The first-order valence-corrected chi connectivity index (χ1v) is 8.78. The second-order valence-electron chi connectivity index (χ2n) is 5.89. The average Bonchev–Trinajstić information content (AvgIpc) is 3.10. The summed E-state index contributed by atoms with van der Waals surface area (Å²) >= 11 is 1.71. The number of hydrogen-bond donors (Lipinski definition) is 0. The van der Waals surface area contributed by atoms with E-state index in [0.29, 0.717) is 0 Å². The molecule has 1 fully saturated rings. The number of nitrogens with zero attached hydrogens (tertiary/aromatic N) is 3. The molecule has 1 aromatic carbocycles. The summed E-state index contributed by atoms with van der Waals surface area (Å²) in [5, 5.41) is 2.08. The first kappa shape index (κ1) is 13.9. The fraction of sp³-hybridized carbons (Fsp3) is 0.333. The number of fused-ring (bicyclic) bond motifs is 1. The van der Waals surface area contributed by atoms with E-state index in [0.717, 1.165) is 23.3 Å². The molecule has 3 nitrogen and oxygen atoms in total. The van der Waals surface area contributed by atoms with Crippen LogP contribution in [0.5, 0.6) is 0 Å². The predicted molar refractivity (Wildman–Crippen MR) is 92.0 cm³/mol. The van der Waals surface area contributed by atoms with Crippen molar-refractivity contribution in [2.24, 2.45) is 0 Å². The van der Waals surface area contributed by atoms with Crippen LogP contribution in [0.15, 0.2) is 41.9 Å². The summed E-state index contributed by atoms with van der Waals surface area (Å²) in [6, 6.07) is 10.6. The van der Waals surface area contributed by atoms with Gasteiger partial charge < -0.3 is 0 Å². The first-order valence-electron chi connectivity index (χ1n) is 7.90. The van der Waals surface area contributed by atoms with Gasteiger partial charge in [-0.1, -0.05) is 18.6 Å². The second kappa shape index (κ2) is 6.15. The molecule has 0 aliphatic carbocycles. The number of thiophene rings is 1. The molecule has 1 aliphatic rings. The minimum atomic E-state index is 0.970. The Morgan fingerprint density at radius 3 is 2.77 bits per heavy atom. The van der Waals surface area contributed by atoms with Crippen LogP contribution in [0.1, 0.15) is 24.8 Å². The normalized spacial score (nSPS) is 16.2. The third-order valence-electron chi connectivity index (χ3n) is 4.24. The molecule has 4 heteroatoms. The molecule has 0 bridgehead atoms. The third-order valence-corrected chi connectivity index (χ3v) is 5.13. The van der Waals surface area contributed by atoms with Gasteiger partial charge in [0.25, 0.3) is 0 Å². The molecule has 0 amide bonds. The van der Waals surface area contributed by atoms with Gasteiger partial charge in [-0.3, -0.25) is 9.88 Å². The van der Waals surface area contributed by atoms with Crippen LogP contribution in [-0.2, 0) is 6.54 Å². The van der Waals surface area contributed by atoms with E-state index in [1.807, 2.05) is 6.20 Å². The van der Waals surface area contributed by atoms with Gasteiger partial charge in [0, 0.05) is 6.54 Å². The second-order valence-corrected chi connectivity index (χ2v) is 6.84. The van der Waals surface area contributed by atoms with Gasteiger partial charge in [-0.2, -0.15) is 0 Å². The smallest absolute Gasteiger partial charge is 0.0992 e. The minimum Gasteiger partial charge on any atom is -0.299 e. The Kier molecular flexibility index (Phi) is 3.87. The molecule has 112 valence electrons. The Balaban J connectivity index is 1.63. The van der Waals surface area contributed by atoms with Crippen molar-refractivity contribution in [2.45, 2.75) is 25.8 Å². The molecule has 3 heterocycles. The molecule has 1 saturated heterocycles. The lowest BCUT2D eigenvalue weighted by Crippen LogP contribution is -2.29. The Morgan fingerprint density at radius 2 is 1.95 bits per heavy atom. The number of hydrogen-bond acceptors (Lipinski definition) is 4. The van der Waals surface area contributed by atoms with Gasteiger partial charge in [0.1, 0.15) is 0 Å². The van der Waals surface area contributed by atoms with Crippen molar-refractivity contribution >= 4 is 22.4 Å². The van der Waals surface area contributed by atoms with E-state index in [-0.39, 0.29) is 0 Å². The molecule has 4 rings (SSSR count). The van der Waals surface area contributed by atoms with E-state index >= 15 is 0 Å². The zero-order valence-corrected chi connectivity index (χ0v) is 13.4. The van der Waals surface area contributed by atoms with E-state index in [4.69, 9.17) is 4.98 Å². The summed E-state index contributed by atoms with van der Waals surface area (Å²) in [6.07, 6.45) is 5.91. The number of aromatic nitrogens is 2. The molecule has 3 aromatic rings. The monoisotopic (exact) mass is 309 g/mol. The maximum Gasteiger partial charge on any atom is 0.0992 e. The van der Waals surface area contributed by atoms with Gasteiger partial charge in [0.15, 0.2) is 0 Å². The highest BCUT2D eigenvalue weighted by Crippen LogP contribution is 2.24. The summed E-state index contributed by atoms with van der Waals surface area (Å²) in [7, 11) is 0. The van der Waals surface area contributed by atoms with E-state index in [1.165, 1.54) is 42.8 Å². The lowest BCUT2D eigenvalue weighted by Gasteiger charge is -2.26. The van der Waals surface area contributed by atoms with Crippen LogP contribution in [0.25, 0.3) is 21.6 Å². The highest BCUT2D eigenvalue weighted by molar-refractivity contribution is 7.13. The van der Waals surface area contributed by atoms with Gasteiger partial charge >= 0.3 is 0 Å². The average molecular weight is 309 g/mol. The molecule has 1 aliphatic heterocycles.